The van der Waals surface area contributed by atoms with E-state index >= 15 is 0 Å². The molecule has 5 nitrogen and oxygen atoms in total. The molecule has 18 heavy (non-hydrogen) atoms. The summed E-state index contributed by atoms with van der Waals surface area (Å²) in [6.07, 6.45) is 8.84. The van der Waals surface area contributed by atoms with E-state index in [4.69, 9.17) is 0 Å². The van der Waals surface area contributed by atoms with Crippen molar-refractivity contribution in [1.29, 1.82) is 0 Å². The number of aliphatic hydroxyl groups is 1. The summed E-state index contributed by atoms with van der Waals surface area (Å²) >= 11 is 0. The van der Waals surface area contributed by atoms with E-state index < -0.39 is 5.60 Å². The Morgan fingerprint density at radius 3 is 2.94 bits per heavy atom. The van der Waals surface area contributed by atoms with Crippen LogP contribution in [0.25, 0.3) is 5.65 Å². The lowest BCUT2D eigenvalue weighted by Crippen LogP contribution is -2.38. The number of hydrogen-bond acceptors (Lipinski definition) is 4. The average Bonchev–Trinajstić information content (AvgIpc) is 2.85. The monoisotopic (exact) mass is 246 g/mol. The van der Waals surface area contributed by atoms with Crippen LogP contribution in [0.2, 0.25) is 0 Å². The van der Waals surface area contributed by atoms with Gasteiger partial charge in [-0.3, -0.25) is 0 Å². The van der Waals surface area contributed by atoms with Gasteiger partial charge in [0.25, 0.3) is 0 Å². The third kappa shape index (κ3) is 2.31. The van der Waals surface area contributed by atoms with E-state index in [-0.39, 0.29) is 0 Å². The zero-order chi connectivity index (χ0) is 12.4. The highest BCUT2D eigenvalue weighted by atomic mass is 16.3. The number of rotatable bonds is 3. The van der Waals surface area contributed by atoms with Crippen LogP contribution in [0.3, 0.4) is 0 Å². The molecule has 96 valence electrons. The van der Waals surface area contributed by atoms with Gasteiger partial charge >= 0.3 is 0 Å². The van der Waals surface area contributed by atoms with Crippen LogP contribution in [0.5, 0.6) is 0 Å². The summed E-state index contributed by atoms with van der Waals surface area (Å²) in [7, 11) is 0. The molecule has 0 atom stereocenters. The number of hydrogen-bond donors (Lipinski definition) is 2. The zero-order valence-corrected chi connectivity index (χ0v) is 10.3. The molecule has 2 aromatic heterocycles. The number of nitrogens with one attached hydrogen (secondary N) is 1. The minimum absolute atomic E-state index is 0.563. The standard InChI is InChI=1S/C13H18N4O/c18-13(6-2-1-3-7-13)10-14-11-5-9-17-12(16-11)4-8-15-17/h4-5,8-9,18H,1-3,6-7,10H2,(H,14,16). The molecule has 1 saturated carbocycles. The SMILES string of the molecule is OC1(CNc2ccn3nccc3n2)CCCCC1. The van der Waals surface area contributed by atoms with Crippen LogP contribution in [0.1, 0.15) is 32.1 Å². The molecule has 1 aliphatic rings. The van der Waals surface area contributed by atoms with Crippen LogP contribution in [0.4, 0.5) is 5.82 Å². The van der Waals surface area contributed by atoms with Crippen LogP contribution in [0, 0.1) is 0 Å². The van der Waals surface area contributed by atoms with Crippen molar-refractivity contribution in [2.75, 3.05) is 11.9 Å². The maximum atomic E-state index is 10.4. The van der Waals surface area contributed by atoms with Crippen LogP contribution < -0.4 is 5.32 Å². The first kappa shape index (κ1) is 11.5. The molecular weight excluding hydrogens is 228 g/mol. The fraction of sp³-hybridized carbons (Fsp3) is 0.538. The van der Waals surface area contributed by atoms with Crippen LogP contribution in [-0.2, 0) is 0 Å². The summed E-state index contributed by atoms with van der Waals surface area (Å²) in [5.41, 5.74) is 0.252. The van der Waals surface area contributed by atoms with Gasteiger partial charge in [-0.05, 0) is 18.9 Å². The lowest BCUT2D eigenvalue weighted by molar-refractivity contribution is 0.0166. The van der Waals surface area contributed by atoms with E-state index in [0.29, 0.717) is 6.54 Å². The highest BCUT2D eigenvalue weighted by Gasteiger charge is 2.28. The highest BCUT2D eigenvalue weighted by Crippen LogP contribution is 2.28. The molecule has 1 aliphatic carbocycles. The Morgan fingerprint density at radius 2 is 2.11 bits per heavy atom. The second-order valence-electron chi connectivity index (χ2n) is 5.09. The van der Waals surface area contributed by atoms with E-state index in [2.05, 4.69) is 15.4 Å². The first-order valence-corrected chi connectivity index (χ1v) is 6.52. The highest BCUT2D eigenvalue weighted by molar-refractivity contribution is 5.45. The van der Waals surface area contributed by atoms with E-state index in [9.17, 15) is 5.11 Å². The maximum Gasteiger partial charge on any atom is 0.157 e. The second kappa shape index (κ2) is 4.57. The number of fused-ring (bicyclic) bond motifs is 1. The first-order chi connectivity index (χ1) is 8.75. The fourth-order valence-electron chi connectivity index (χ4n) is 2.55. The Labute approximate surface area is 106 Å². The fourth-order valence-corrected chi connectivity index (χ4v) is 2.55. The summed E-state index contributed by atoms with van der Waals surface area (Å²) in [5.74, 6) is 0.794. The molecule has 2 heterocycles. The molecule has 2 N–H and O–H groups in total. The van der Waals surface area contributed by atoms with Crippen LogP contribution in [0.15, 0.2) is 24.5 Å². The average molecular weight is 246 g/mol. The summed E-state index contributed by atoms with van der Waals surface area (Å²) in [4.78, 5) is 4.43. The minimum atomic E-state index is -0.563. The molecule has 5 heteroatoms. The normalized spacial score (nSPS) is 18.9. The van der Waals surface area contributed by atoms with Crippen molar-refractivity contribution < 1.29 is 5.11 Å². The molecule has 0 aromatic carbocycles. The van der Waals surface area contributed by atoms with Gasteiger partial charge in [0, 0.05) is 18.8 Å². The maximum absolute atomic E-state index is 10.4. The van der Waals surface area contributed by atoms with E-state index in [1.54, 1.807) is 10.7 Å². The van der Waals surface area contributed by atoms with Crippen molar-refractivity contribution in [3.05, 3.63) is 24.5 Å². The molecule has 0 unspecified atom stereocenters. The molecule has 3 rings (SSSR count). The van der Waals surface area contributed by atoms with Gasteiger partial charge < -0.3 is 10.4 Å². The largest absolute Gasteiger partial charge is 0.388 e. The van der Waals surface area contributed by atoms with Gasteiger partial charge in [0.2, 0.25) is 0 Å². The first-order valence-electron chi connectivity index (χ1n) is 6.52. The number of nitrogens with zero attached hydrogens (tertiary/aromatic N) is 3. The van der Waals surface area contributed by atoms with Gasteiger partial charge in [0.15, 0.2) is 5.65 Å². The topological polar surface area (TPSA) is 62.5 Å². The van der Waals surface area contributed by atoms with Gasteiger partial charge in [0.1, 0.15) is 5.82 Å². The minimum Gasteiger partial charge on any atom is -0.388 e. The Balaban J connectivity index is 1.68. The van der Waals surface area contributed by atoms with Gasteiger partial charge in [0.05, 0.1) is 11.8 Å². The second-order valence-corrected chi connectivity index (χ2v) is 5.09. The molecule has 1 fully saturated rings. The van der Waals surface area contributed by atoms with Gasteiger partial charge in [-0.15, -0.1) is 0 Å². The number of aromatic nitrogens is 3. The van der Waals surface area contributed by atoms with E-state index in [0.717, 1.165) is 37.1 Å². The molecular formula is C13H18N4O. The van der Waals surface area contributed by atoms with Gasteiger partial charge in [-0.1, -0.05) is 19.3 Å². The summed E-state index contributed by atoms with van der Waals surface area (Å²) < 4.78 is 1.72. The Hall–Kier alpha value is -1.62. The number of anilines is 1. The quantitative estimate of drug-likeness (QED) is 0.867. The molecule has 0 amide bonds. The van der Waals surface area contributed by atoms with Crippen molar-refractivity contribution in [2.24, 2.45) is 0 Å². The lowest BCUT2D eigenvalue weighted by atomic mass is 9.85. The van der Waals surface area contributed by atoms with E-state index in [1.165, 1.54) is 6.42 Å². The summed E-state index contributed by atoms with van der Waals surface area (Å²) in [6.45, 7) is 0.574. The molecule has 0 bridgehead atoms. The van der Waals surface area contributed by atoms with Crippen molar-refractivity contribution in [1.82, 2.24) is 14.6 Å². The molecule has 0 spiro atoms. The summed E-state index contributed by atoms with van der Waals surface area (Å²) in [5, 5.41) is 17.7. The molecule has 0 radical (unpaired) electrons. The molecule has 0 saturated heterocycles. The lowest BCUT2D eigenvalue weighted by Gasteiger charge is -2.32. The predicted octanol–water partition coefficient (Wildman–Crippen LogP) is 1.84. The molecule has 0 aliphatic heterocycles. The van der Waals surface area contributed by atoms with Crippen molar-refractivity contribution >= 4 is 11.5 Å². The summed E-state index contributed by atoms with van der Waals surface area (Å²) in [6, 6.07) is 3.74. The van der Waals surface area contributed by atoms with Crippen molar-refractivity contribution in [2.45, 2.75) is 37.7 Å². The predicted molar refractivity (Wildman–Crippen MR) is 69.5 cm³/mol. The smallest absolute Gasteiger partial charge is 0.157 e. The zero-order valence-electron chi connectivity index (χ0n) is 10.3. The third-order valence-electron chi connectivity index (χ3n) is 3.64. The van der Waals surface area contributed by atoms with Crippen molar-refractivity contribution in [3.8, 4) is 0 Å². The van der Waals surface area contributed by atoms with Gasteiger partial charge in [-0.25, -0.2) is 9.50 Å². The van der Waals surface area contributed by atoms with Crippen molar-refractivity contribution in [3.63, 3.8) is 0 Å². The Morgan fingerprint density at radius 1 is 1.28 bits per heavy atom. The third-order valence-corrected chi connectivity index (χ3v) is 3.64. The van der Waals surface area contributed by atoms with Crippen LogP contribution >= 0.6 is 0 Å². The Kier molecular flexibility index (Phi) is 2.91. The van der Waals surface area contributed by atoms with Crippen LogP contribution in [-0.4, -0.2) is 31.9 Å². The molecule has 2 aromatic rings. The van der Waals surface area contributed by atoms with E-state index in [1.807, 2.05) is 18.3 Å². The Bertz CT molecular complexity index is 531. The van der Waals surface area contributed by atoms with Gasteiger partial charge in [-0.2, -0.15) is 5.10 Å².